The van der Waals surface area contributed by atoms with Gasteiger partial charge in [0.05, 0.1) is 0 Å². The summed E-state index contributed by atoms with van der Waals surface area (Å²) in [5, 5.41) is 0.864. The summed E-state index contributed by atoms with van der Waals surface area (Å²) in [5.41, 5.74) is 3.72. The van der Waals surface area contributed by atoms with Crippen LogP contribution in [0.1, 0.15) is 37.0 Å². The second kappa shape index (κ2) is 6.04. The molecule has 1 aromatic rings. The number of halogens is 1. The predicted molar refractivity (Wildman–Crippen MR) is 61.6 cm³/mol. The van der Waals surface area contributed by atoms with Crippen molar-refractivity contribution in [1.82, 2.24) is 0 Å². The van der Waals surface area contributed by atoms with Crippen molar-refractivity contribution in [2.75, 3.05) is 0 Å². The fourth-order valence-electron chi connectivity index (χ4n) is 0.925. The van der Waals surface area contributed by atoms with Crippen LogP contribution in [-0.4, -0.2) is 0 Å². The average molecular weight is 199 g/mol. The number of benzene rings is 1. The van der Waals surface area contributed by atoms with Crippen LogP contribution in [0.2, 0.25) is 5.02 Å². The van der Waals surface area contributed by atoms with Crippen LogP contribution in [0.5, 0.6) is 0 Å². The summed E-state index contributed by atoms with van der Waals surface area (Å²) in [6.45, 7) is 10.4. The lowest BCUT2D eigenvalue weighted by Crippen LogP contribution is -1.82. The zero-order valence-electron chi connectivity index (χ0n) is 9.24. The van der Waals surface area contributed by atoms with Crippen molar-refractivity contribution in [1.29, 1.82) is 0 Å². The molecule has 0 saturated heterocycles. The van der Waals surface area contributed by atoms with Gasteiger partial charge in [-0.3, -0.25) is 0 Å². The fourth-order valence-corrected chi connectivity index (χ4v) is 1.14. The van der Waals surface area contributed by atoms with Gasteiger partial charge >= 0.3 is 0 Å². The first-order valence-electron chi connectivity index (χ1n) is 4.76. The Morgan fingerprint density at radius 1 is 0.923 bits per heavy atom. The maximum Gasteiger partial charge on any atom is 0.0438 e. The molecule has 0 radical (unpaired) electrons. The van der Waals surface area contributed by atoms with Crippen molar-refractivity contribution in [2.45, 2.75) is 41.0 Å². The zero-order chi connectivity index (χ0) is 10.4. The lowest BCUT2D eigenvalue weighted by atomic mass is 10.1. The van der Waals surface area contributed by atoms with E-state index in [2.05, 4.69) is 33.8 Å². The molecular formula is C12H19Cl. The molecule has 0 aliphatic rings. The molecule has 0 saturated carbocycles. The third kappa shape index (κ3) is 4.33. The standard InChI is InChI=1S/C9H11Cl.C3H8/c1-6-4-8(3)9(10)5-7(6)2;1-3-2/h4-5H,1-3H3;3H2,1-2H3. The van der Waals surface area contributed by atoms with E-state index in [1.54, 1.807) is 0 Å². The minimum atomic E-state index is 0.864. The molecule has 1 rings (SSSR count). The summed E-state index contributed by atoms with van der Waals surface area (Å²) in [4.78, 5) is 0. The molecule has 0 heterocycles. The van der Waals surface area contributed by atoms with Crippen LogP contribution in [0.3, 0.4) is 0 Å². The van der Waals surface area contributed by atoms with Crippen molar-refractivity contribution < 1.29 is 0 Å². The zero-order valence-corrected chi connectivity index (χ0v) is 10.00. The third-order valence-corrected chi connectivity index (χ3v) is 2.18. The van der Waals surface area contributed by atoms with Gasteiger partial charge in [0.2, 0.25) is 0 Å². The lowest BCUT2D eigenvalue weighted by Gasteiger charge is -2.02. The van der Waals surface area contributed by atoms with Crippen molar-refractivity contribution in [3.63, 3.8) is 0 Å². The highest BCUT2D eigenvalue weighted by Gasteiger charge is 1.97. The molecular weight excluding hydrogens is 180 g/mol. The van der Waals surface area contributed by atoms with Crippen LogP contribution < -0.4 is 0 Å². The van der Waals surface area contributed by atoms with Gasteiger partial charge in [-0.2, -0.15) is 0 Å². The van der Waals surface area contributed by atoms with E-state index in [0.29, 0.717) is 0 Å². The first-order chi connectivity index (χ1) is 6.02. The van der Waals surface area contributed by atoms with E-state index < -0.39 is 0 Å². The van der Waals surface area contributed by atoms with Gasteiger partial charge in [-0.15, -0.1) is 0 Å². The molecule has 13 heavy (non-hydrogen) atoms. The summed E-state index contributed by atoms with van der Waals surface area (Å²) < 4.78 is 0. The summed E-state index contributed by atoms with van der Waals surface area (Å²) in [7, 11) is 0. The van der Waals surface area contributed by atoms with Crippen LogP contribution >= 0.6 is 11.6 Å². The van der Waals surface area contributed by atoms with E-state index in [1.165, 1.54) is 17.5 Å². The van der Waals surface area contributed by atoms with Gasteiger partial charge in [-0.25, -0.2) is 0 Å². The van der Waals surface area contributed by atoms with Crippen molar-refractivity contribution in [2.24, 2.45) is 0 Å². The summed E-state index contributed by atoms with van der Waals surface area (Å²) in [6.07, 6.45) is 1.25. The molecule has 0 amide bonds. The first-order valence-corrected chi connectivity index (χ1v) is 5.14. The van der Waals surface area contributed by atoms with Crippen molar-refractivity contribution in [3.8, 4) is 0 Å². The Morgan fingerprint density at radius 3 is 1.69 bits per heavy atom. The third-order valence-electron chi connectivity index (χ3n) is 1.77. The number of rotatable bonds is 0. The second-order valence-corrected chi connectivity index (χ2v) is 3.80. The maximum absolute atomic E-state index is 5.89. The molecule has 0 unspecified atom stereocenters. The van der Waals surface area contributed by atoms with E-state index in [-0.39, 0.29) is 0 Å². The average Bonchev–Trinajstić information content (AvgIpc) is 2.03. The van der Waals surface area contributed by atoms with Gasteiger partial charge < -0.3 is 0 Å². The Labute approximate surface area is 86.9 Å². The molecule has 0 fully saturated rings. The Hall–Kier alpha value is -0.490. The van der Waals surface area contributed by atoms with Crippen LogP contribution in [0.15, 0.2) is 12.1 Å². The summed E-state index contributed by atoms with van der Waals surface area (Å²) >= 11 is 5.89. The smallest absolute Gasteiger partial charge is 0.0438 e. The van der Waals surface area contributed by atoms with Gasteiger partial charge in [0, 0.05) is 5.02 Å². The molecule has 74 valence electrons. The largest absolute Gasteiger partial charge is 0.0840 e. The molecule has 0 bridgehead atoms. The molecule has 1 aromatic carbocycles. The van der Waals surface area contributed by atoms with Crippen LogP contribution in [0.25, 0.3) is 0 Å². The Kier molecular flexibility index (Phi) is 5.81. The predicted octanol–water partition coefficient (Wildman–Crippen LogP) is 4.68. The molecule has 0 atom stereocenters. The molecule has 1 heteroatoms. The van der Waals surface area contributed by atoms with E-state index in [9.17, 15) is 0 Å². The van der Waals surface area contributed by atoms with E-state index in [0.717, 1.165) is 10.6 Å². The lowest BCUT2D eigenvalue weighted by molar-refractivity contribution is 1.09. The minimum Gasteiger partial charge on any atom is -0.0840 e. The maximum atomic E-state index is 5.89. The van der Waals surface area contributed by atoms with E-state index in [4.69, 9.17) is 11.6 Å². The Balaban J connectivity index is 0.000000424. The highest BCUT2D eigenvalue weighted by molar-refractivity contribution is 6.31. The van der Waals surface area contributed by atoms with Gasteiger partial charge in [0.25, 0.3) is 0 Å². The van der Waals surface area contributed by atoms with Crippen LogP contribution in [-0.2, 0) is 0 Å². The highest BCUT2D eigenvalue weighted by Crippen LogP contribution is 2.19. The number of hydrogen-bond donors (Lipinski definition) is 0. The fraction of sp³-hybridized carbons (Fsp3) is 0.500. The van der Waals surface area contributed by atoms with Gasteiger partial charge in [-0.1, -0.05) is 37.9 Å². The number of aryl methyl sites for hydroxylation is 3. The first kappa shape index (κ1) is 12.5. The molecule has 0 aliphatic heterocycles. The number of hydrogen-bond acceptors (Lipinski definition) is 0. The van der Waals surface area contributed by atoms with E-state index in [1.807, 2.05) is 13.0 Å². The second-order valence-electron chi connectivity index (χ2n) is 3.39. The van der Waals surface area contributed by atoms with Crippen molar-refractivity contribution in [3.05, 3.63) is 33.8 Å². The normalized spacial score (nSPS) is 9.08. The highest BCUT2D eigenvalue weighted by atomic mass is 35.5. The Morgan fingerprint density at radius 2 is 1.31 bits per heavy atom. The SMILES string of the molecule is CCC.Cc1cc(C)c(Cl)cc1C. The topological polar surface area (TPSA) is 0 Å². The molecule has 0 spiro atoms. The summed E-state index contributed by atoms with van der Waals surface area (Å²) in [5.74, 6) is 0. The minimum absolute atomic E-state index is 0.864. The molecule has 0 nitrogen and oxygen atoms in total. The van der Waals surface area contributed by atoms with Crippen molar-refractivity contribution >= 4 is 11.6 Å². The van der Waals surface area contributed by atoms with E-state index >= 15 is 0 Å². The quantitative estimate of drug-likeness (QED) is 0.568. The molecule has 0 aliphatic carbocycles. The van der Waals surface area contributed by atoms with Crippen LogP contribution in [0.4, 0.5) is 0 Å². The monoisotopic (exact) mass is 198 g/mol. The van der Waals surface area contributed by atoms with Gasteiger partial charge in [-0.05, 0) is 43.5 Å². The van der Waals surface area contributed by atoms with Crippen LogP contribution in [0, 0.1) is 20.8 Å². The Bertz CT molecular complexity index is 214. The summed E-state index contributed by atoms with van der Waals surface area (Å²) in [6, 6.07) is 4.11. The molecule has 0 N–H and O–H groups in total. The van der Waals surface area contributed by atoms with Gasteiger partial charge in [0.1, 0.15) is 0 Å². The molecule has 0 aromatic heterocycles. The van der Waals surface area contributed by atoms with Gasteiger partial charge in [0.15, 0.2) is 0 Å².